The lowest BCUT2D eigenvalue weighted by atomic mass is 9.97. The number of allylic oxidation sites excluding steroid dienone is 6. The van der Waals surface area contributed by atoms with E-state index < -0.39 is 0 Å². The number of aromatic amines is 2. The molecular weight excluding hydrogens is 521 g/mol. The Hall–Kier alpha value is -5.49. The number of H-pyrrole nitrogens is 2. The molecule has 42 heavy (non-hydrogen) atoms. The molecule has 0 aliphatic rings. The second-order valence-corrected chi connectivity index (χ2v) is 9.75. The van der Waals surface area contributed by atoms with Crippen molar-refractivity contribution in [2.24, 2.45) is 0 Å². The first kappa shape index (κ1) is 28.1. The minimum atomic E-state index is -0.290. The normalized spacial score (nSPS) is 12.4. The fourth-order valence-corrected chi connectivity index (χ4v) is 4.87. The first-order valence-corrected chi connectivity index (χ1v) is 13.6. The number of nitrogens with one attached hydrogen (secondary N) is 3. The molecule has 6 heteroatoms. The van der Waals surface area contributed by atoms with Crippen molar-refractivity contribution in [3.8, 4) is 11.4 Å². The van der Waals surface area contributed by atoms with Crippen molar-refractivity contribution >= 4 is 27.7 Å². The van der Waals surface area contributed by atoms with Gasteiger partial charge in [0.2, 0.25) is 0 Å². The molecule has 0 aliphatic heterocycles. The molecule has 5 rings (SSSR count). The third-order valence-electron chi connectivity index (χ3n) is 6.98. The molecular formula is C36H32FN5. The van der Waals surface area contributed by atoms with Gasteiger partial charge >= 0.3 is 0 Å². The zero-order chi connectivity index (χ0) is 29.6. The van der Waals surface area contributed by atoms with E-state index in [1.54, 1.807) is 24.4 Å². The van der Waals surface area contributed by atoms with Crippen molar-refractivity contribution in [1.82, 2.24) is 25.5 Å². The summed E-state index contributed by atoms with van der Waals surface area (Å²) in [6.45, 7) is 16.0. The SMILES string of the molecule is C=C/C=C(/c1cccc(F)c1)c1cc(-c2n[nH]c3cnc(C(/C=C(\C=C)NC(=C)c4ccccc4)=C/C)cc23)[nH]c1C. The van der Waals surface area contributed by atoms with E-state index in [0.29, 0.717) is 0 Å². The van der Waals surface area contributed by atoms with E-state index >= 15 is 0 Å². The van der Waals surface area contributed by atoms with Crippen LogP contribution in [0.3, 0.4) is 0 Å². The van der Waals surface area contributed by atoms with Crippen LogP contribution in [-0.4, -0.2) is 20.2 Å². The number of aromatic nitrogens is 4. The zero-order valence-corrected chi connectivity index (χ0v) is 23.7. The van der Waals surface area contributed by atoms with E-state index in [-0.39, 0.29) is 5.82 Å². The summed E-state index contributed by atoms with van der Waals surface area (Å²) in [5, 5.41) is 12.0. The highest BCUT2D eigenvalue weighted by Gasteiger charge is 2.17. The van der Waals surface area contributed by atoms with E-state index in [4.69, 9.17) is 4.98 Å². The molecule has 0 atom stereocenters. The Balaban J connectivity index is 1.50. The predicted octanol–water partition coefficient (Wildman–Crippen LogP) is 8.75. The first-order valence-electron chi connectivity index (χ1n) is 13.6. The first-order chi connectivity index (χ1) is 20.4. The van der Waals surface area contributed by atoms with Gasteiger partial charge in [-0.2, -0.15) is 5.10 Å². The molecule has 0 spiro atoms. The Morgan fingerprint density at radius 2 is 1.79 bits per heavy atom. The molecule has 0 bridgehead atoms. The molecule has 0 amide bonds. The Labute approximate surface area is 245 Å². The molecule has 3 heterocycles. The van der Waals surface area contributed by atoms with Gasteiger partial charge in [0.05, 0.1) is 23.1 Å². The molecule has 0 saturated heterocycles. The Morgan fingerprint density at radius 1 is 1.00 bits per heavy atom. The summed E-state index contributed by atoms with van der Waals surface area (Å²) in [6.07, 6.45) is 11.2. The molecule has 0 aliphatic carbocycles. The van der Waals surface area contributed by atoms with Crippen LogP contribution in [0, 0.1) is 12.7 Å². The average Bonchev–Trinajstić information content (AvgIpc) is 3.61. The highest BCUT2D eigenvalue weighted by molar-refractivity contribution is 5.95. The minimum Gasteiger partial charge on any atom is -0.357 e. The van der Waals surface area contributed by atoms with Crippen molar-refractivity contribution in [3.05, 3.63) is 163 Å². The number of pyridine rings is 1. The van der Waals surface area contributed by atoms with Crippen molar-refractivity contribution < 1.29 is 4.39 Å². The van der Waals surface area contributed by atoms with E-state index in [0.717, 1.165) is 72.9 Å². The number of nitrogens with zero attached hydrogens (tertiary/aromatic N) is 2. The molecule has 5 nitrogen and oxygen atoms in total. The molecule has 5 aromatic rings. The molecule has 3 N–H and O–H groups in total. The van der Waals surface area contributed by atoms with Gasteiger partial charge in [0.25, 0.3) is 0 Å². The fourth-order valence-electron chi connectivity index (χ4n) is 4.87. The van der Waals surface area contributed by atoms with Gasteiger partial charge in [-0.15, -0.1) is 0 Å². The van der Waals surface area contributed by atoms with Gasteiger partial charge in [-0.25, -0.2) is 4.39 Å². The van der Waals surface area contributed by atoms with Gasteiger partial charge in [0.15, 0.2) is 0 Å². The second-order valence-electron chi connectivity index (χ2n) is 9.75. The molecule has 2 aromatic carbocycles. The predicted molar refractivity (Wildman–Crippen MR) is 173 cm³/mol. The molecule has 0 saturated carbocycles. The van der Waals surface area contributed by atoms with Crippen LogP contribution in [-0.2, 0) is 0 Å². The van der Waals surface area contributed by atoms with Gasteiger partial charge in [0, 0.05) is 28.0 Å². The van der Waals surface area contributed by atoms with Crippen molar-refractivity contribution in [3.63, 3.8) is 0 Å². The molecule has 3 aromatic heterocycles. The topological polar surface area (TPSA) is 69.4 Å². The van der Waals surface area contributed by atoms with E-state index in [1.807, 2.05) is 80.6 Å². The van der Waals surface area contributed by atoms with Crippen molar-refractivity contribution in [2.75, 3.05) is 0 Å². The third-order valence-corrected chi connectivity index (χ3v) is 6.98. The summed E-state index contributed by atoms with van der Waals surface area (Å²) < 4.78 is 14.1. The van der Waals surface area contributed by atoms with Gasteiger partial charge in [-0.05, 0) is 72.5 Å². The van der Waals surface area contributed by atoms with Crippen LogP contribution in [0.4, 0.5) is 4.39 Å². The molecule has 0 fully saturated rings. The maximum Gasteiger partial charge on any atom is 0.123 e. The lowest BCUT2D eigenvalue weighted by Crippen LogP contribution is -2.09. The number of hydrogen-bond donors (Lipinski definition) is 3. The molecule has 0 radical (unpaired) electrons. The number of aryl methyl sites for hydroxylation is 1. The van der Waals surface area contributed by atoms with Gasteiger partial charge < -0.3 is 10.3 Å². The molecule has 208 valence electrons. The van der Waals surface area contributed by atoms with Crippen LogP contribution >= 0.6 is 0 Å². The van der Waals surface area contributed by atoms with Gasteiger partial charge in [0.1, 0.15) is 11.5 Å². The van der Waals surface area contributed by atoms with Gasteiger partial charge in [-0.3, -0.25) is 10.1 Å². The summed E-state index contributed by atoms with van der Waals surface area (Å²) in [6, 6.07) is 20.6. The quantitative estimate of drug-likeness (QED) is 0.151. The van der Waals surface area contributed by atoms with E-state index in [2.05, 4.69) is 40.2 Å². The smallest absolute Gasteiger partial charge is 0.123 e. The summed E-state index contributed by atoms with van der Waals surface area (Å²) in [4.78, 5) is 8.17. The number of hydrogen-bond acceptors (Lipinski definition) is 3. The Kier molecular flexibility index (Phi) is 8.25. The number of fused-ring (bicyclic) bond motifs is 1. The van der Waals surface area contributed by atoms with Crippen LogP contribution in [0.15, 0.2) is 129 Å². The lowest BCUT2D eigenvalue weighted by molar-refractivity contribution is 0.627. The Bertz CT molecular complexity index is 1880. The van der Waals surface area contributed by atoms with Gasteiger partial charge in [-0.1, -0.05) is 80.4 Å². The van der Waals surface area contributed by atoms with Crippen molar-refractivity contribution in [1.29, 1.82) is 0 Å². The largest absolute Gasteiger partial charge is 0.357 e. The monoisotopic (exact) mass is 553 g/mol. The summed E-state index contributed by atoms with van der Waals surface area (Å²) in [5.74, 6) is -0.290. The number of rotatable bonds is 10. The lowest BCUT2D eigenvalue weighted by Gasteiger charge is -2.12. The van der Waals surface area contributed by atoms with E-state index in [1.165, 1.54) is 12.1 Å². The summed E-state index contributed by atoms with van der Waals surface area (Å²) in [5.41, 5.74) is 10.2. The summed E-state index contributed by atoms with van der Waals surface area (Å²) >= 11 is 0. The third kappa shape index (κ3) is 5.83. The maximum atomic E-state index is 14.1. The fraction of sp³-hybridized carbons (Fsp3) is 0.0556. The van der Waals surface area contributed by atoms with Crippen LogP contribution in [0.1, 0.15) is 35.0 Å². The number of halogens is 1. The highest BCUT2D eigenvalue weighted by atomic mass is 19.1. The van der Waals surface area contributed by atoms with Crippen LogP contribution in [0.2, 0.25) is 0 Å². The minimum absolute atomic E-state index is 0.290. The highest BCUT2D eigenvalue weighted by Crippen LogP contribution is 2.33. The van der Waals surface area contributed by atoms with E-state index in [9.17, 15) is 4.39 Å². The molecule has 0 unspecified atom stereocenters. The van der Waals surface area contributed by atoms with Crippen LogP contribution < -0.4 is 5.32 Å². The maximum absolute atomic E-state index is 14.1. The number of benzene rings is 2. The zero-order valence-electron chi connectivity index (χ0n) is 23.7. The second kappa shape index (κ2) is 12.4. The average molecular weight is 554 g/mol. The van der Waals surface area contributed by atoms with Crippen LogP contribution in [0.25, 0.3) is 39.1 Å². The van der Waals surface area contributed by atoms with Crippen LogP contribution in [0.5, 0.6) is 0 Å². The summed E-state index contributed by atoms with van der Waals surface area (Å²) in [7, 11) is 0. The van der Waals surface area contributed by atoms with Crippen molar-refractivity contribution in [2.45, 2.75) is 13.8 Å². The Morgan fingerprint density at radius 3 is 2.50 bits per heavy atom. The standard InChI is InChI=1S/C36H32FN5/c1-6-13-30(27-16-12-17-28(37)18-27)31-20-34(40-24(31)5)36-32-21-33(38-22-35(32)41-42-36)25(7-2)19-29(8-3)39-23(4)26-14-10-9-11-15-26/h6-22,39-40H,1,3-4H2,2,5H3,(H,41,42)/b25-7+,29-19+,30-13-.